The van der Waals surface area contributed by atoms with Crippen molar-refractivity contribution in [3.8, 4) is 11.5 Å². The summed E-state index contributed by atoms with van der Waals surface area (Å²) in [5, 5.41) is -0.179. The molecule has 13 nitrogen and oxygen atoms in total. The molecule has 0 spiro atoms. The van der Waals surface area contributed by atoms with Crippen molar-refractivity contribution >= 4 is 66.2 Å². The third-order valence-electron chi connectivity index (χ3n) is 8.94. The SMILES string of the molecule is COCN(c1cc(Cl)cnc1C(=O)c1c(F)cccc1OC)S(=O)(=O)c1cccc(C(F)(F)F)c1.COc1cccc(F)c1C(=O)c1ncc(Cl)cc1NS(=O)(=O)c1cccc(C(F)(F)F)c1. The molecule has 0 unspecified atom stereocenters. The second-order valence-corrected chi connectivity index (χ2v) is 17.7. The Morgan fingerprint density at radius 3 is 1.58 bits per heavy atom. The molecule has 6 rings (SSSR count). The highest BCUT2D eigenvalue weighted by atomic mass is 35.5. The predicted molar refractivity (Wildman–Crippen MR) is 227 cm³/mol. The summed E-state index contributed by atoms with van der Waals surface area (Å²) < 4.78 is 177. The number of carbonyl (C=O) groups is 2. The van der Waals surface area contributed by atoms with E-state index in [2.05, 4.69) is 9.97 Å². The molecule has 4 aromatic carbocycles. The molecule has 1 N–H and O–H groups in total. The Morgan fingerprint density at radius 1 is 0.642 bits per heavy atom. The fraction of sp³-hybridized carbons (Fsp3) is 0.143. The molecule has 0 saturated carbocycles. The Bertz CT molecular complexity index is 3070. The molecule has 6 aromatic rings. The monoisotopic (exact) mass is 1020 g/mol. The number of sulfonamides is 2. The van der Waals surface area contributed by atoms with Gasteiger partial charge in [-0.2, -0.15) is 26.3 Å². The molecule has 0 radical (unpaired) electrons. The molecule has 0 aliphatic rings. The Labute approximate surface area is 386 Å². The first-order valence-electron chi connectivity index (χ1n) is 18.3. The number of nitrogens with one attached hydrogen (secondary N) is 1. The number of aromatic nitrogens is 2. The van der Waals surface area contributed by atoms with Crippen LogP contribution in [0.15, 0.2) is 119 Å². The quantitative estimate of drug-likeness (QED) is 0.0626. The van der Waals surface area contributed by atoms with Crippen molar-refractivity contribution in [1.29, 1.82) is 0 Å². The zero-order chi connectivity index (χ0) is 49.6. The van der Waals surface area contributed by atoms with Crippen LogP contribution < -0.4 is 18.5 Å². The van der Waals surface area contributed by atoms with Crippen LogP contribution in [0.3, 0.4) is 0 Å². The zero-order valence-corrected chi connectivity index (χ0v) is 37.4. The van der Waals surface area contributed by atoms with Crippen molar-refractivity contribution in [1.82, 2.24) is 9.97 Å². The third kappa shape index (κ3) is 11.8. The smallest absolute Gasteiger partial charge is 0.416 e. The molecule has 0 aliphatic carbocycles. The summed E-state index contributed by atoms with van der Waals surface area (Å²) in [6.45, 7) is -0.727. The molecule has 354 valence electrons. The van der Waals surface area contributed by atoms with Gasteiger partial charge in [-0.3, -0.25) is 14.3 Å². The molecule has 0 fully saturated rings. The van der Waals surface area contributed by atoms with Gasteiger partial charge in [0.2, 0.25) is 11.6 Å². The number of benzene rings is 4. The summed E-state index contributed by atoms with van der Waals surface area (Å²) in [4.78, 5) is 32.5. The Kier molecular flexibility index (Phi) is 15.9. The van der Waals surface area contributed by atoms with E-state index in [1.54, 1.807) is 0 Å². The second-order valence-electron chi connectivity index (χ2n) is 13.3. The van der Waals surface area contributed by atoms with Crippen LogP contribution >= 0.6 is 23.2 Å². The van der Waals surface area contributed by atoms with E-state index < -0.39 is 117 Å². The van der Waals surface area contributed by atoms with Gasteiger partial charge in [0, 0.05) is 19.5 Å². The maximum atomic E-state index is 14.6. The van der Waals surface area contributed by atoms with Crippen LogP contribution in [-0.2, 0) is 37.1 Å². The van der Waals surface area contributed by atoms with Crippen LogP contribution in [0.5, 0.6) is 11.5 Å². The topological polar surface area (TPSA) is 171 Å². The lowest BCUT2D eigenvalue weighted by atomic mass is 10.0. The number of hydrogen-bond donors (Lipinski definition) is 1. The molecule has 0 atom stereocenters. The number of hydrogen-bond acceptors (Lipinski definition) is 11. The van der Waals surface area contributed by atoms with Crippen molar-refractivity contribution in [2.24, 2.45) is 0 Å². The van der Waals surface area contributed by atoms with E-state index >= 15 is 0 Å². The highest BCUT2D eigenvalue weighted by molar-refractivity contribution is 7.93. The summed E-state index contributed by atoms with van der Waals surface area (Å²) in [7, 11) is -5.81. The number of halogens is 10. The lowest BCUT2D eigenvalue weighted by molar-refractivity contribution is -0.138. The van der Waals surface area contributed by atoms with Gasteiger partial charge in [-0.15, -0.1) is 0 Å². The molecular weight excluding hydrogens is 992 g/mol. The Morgan fingerprint density at radius 2 is 1.09 bits per heavy atom. The number of alkyl halides is 6. The van der Waals surface area contributed by atoms with Gasteiger partial charge in [0.25, 0.3) is 20.0 Å². The molecule has 0 aliphatic heterocycles. The number of carbonyl (C=O) groups excluding carboxylic acids is 2. The second kappa shape index (κ2) is 20.6. The van der Waals surface area contributed by atoms with Crippen molar-refractivity contribution in [3.05, 3.63) is 165 Å². The summed E-state index contributed by atoms with van der Waals surface area (Å²) in [5.41, 5.74) is -5.40. The number of anilines is 2. The molecule has 0 amide bonds. The van der Waals surface area contributed by atoms with Crippen LogP contribution in [-0.4, -0.2) is 66.4 Å². The minimum Gasteiger partial charge on any atom is -0.496 e. The van der Waals surface area contributed by atoms with Crippen LogP contribution in [0.4, 0.5) is 46.5 Å². The van der Waals surface area contributed by atoms with Gasteiger partial charge in [0.15, 0.2) is 0 Å². The highest BCUT2D eigenvalue weighted by Crippen LogP contribution is 2.36. The first-order chi connectivity index (χ1) is 31.3. The van der Waals surface area contributed by atoms with Crippen molar-refractivity contribution in [3.63, 3.8) is 0 Å². The normalized spacial score (nSPS) is 11.8. The molecule has 25 heteroatoms. The maximum absolute atomic E-state index is 14.6. The first kappa shape index (κ1) is 51.6. The van der Waals surface area contributed by atoms with Gasteiger partial charge in [-0.1, -0.05) is 47.5 Å². The molecule has 0 saturated heterocycles. The van der Waals surface area contributed by atoms with Crippen LogP contribution in [0.1, 0.15) is 43.2 Å². The van der Waals surface area contributed by atoms with Crippen LogP contribution in [0.25, 0.3) is 0 Å². The largest absolute Gasteiger partial charge is 0.496 e. The number of nitrogens with zero attached hydrogens (tertiary/aromatic N) is 3. The van der Waals surface area contributed by atoms with E-state index in [9.17, 15) is 61.5 Å². The van der Waals surface area contributed by atoms with E-state index in [-0.39, 0.29) is 21.5 Å². The summed E-state index contributed by atoms with van der Waals surface area (Å²) in [6, 6.07) is 15.3. The Balaban J connectivity index is 0.000000252. The van der Waals surface area contributed by atoms with Gasteiger partial charge in [0.1, 0.15) is 52.4 Å². The molecular formula is C42H30Cl2F8N4O9S2. The van der Waals surface area contributed by atoms with E-state index in [0.717, 1.165) is 68.0 Å². The fourth-order valence-corrected chi connectivity index (χ4v) is 8.74. The van der Waals surface area contributed by atoms with Gasteiger partial charge < -0.3 is 14.2 Å². The lowest BCUT2D eigenvalue weighted by Gasteiger charge is -2.25. The van der Waals surface area contributed by atoms with E-state index in [0.29, 0.717) is 28.6 Å². The highest BCUT2D eigenvalue weighted by Gasteiger charge is 2.36. The molecule has 67 heavy (non-hydrogen) atoms. The average molecular weight is 1020 g/mol. The van der Waals surface area contributed by atoms with E-state index in [4.69, 9.17) is 37.4 Å². The molecule has 0 bridgehead atoms. The first-order valence-corrected chi connectivity index (χ1v) is 22.0. The summed E-state index contributed by atoms with van der Waals surface area (Å²) >= 11 is 11.9. The van der Waals surface area contributed by atoms with E-state index in [1.165, 1.54) is 38.5 Å². The number of ether oxygens (including phenoxy) is 3. The van der Waals surface area contributed by atoms with Gasteiger partial charge in [0.05, 0.1) is 56.6 Å². The zero-order valence-electron chi connectivity index (χ0n) is 34.2. The van der Waals surface area contributed by atoms with Gasteiger partial charge >= 0.3 is 12.4 Å². The van der Waals surface area contributed by atoms with Gasteiger partial charge in [-0.25, -0.2) is 39.9 Å². The van der Waals surface area contributed by atoms with Gasteiger partial charge in [-0.05, 0) is 72.8 Å². The van der Waals surface area contributed by atoms with Crippen molar-refractivity contribution in [2.45, 2.75) is 22.1 Å². The van der Waals surface area contributed by atoms with E-state index in [1.807, 2.05) is 4.72 Å². The number of methoxy groups -OCH3 is 3. The average Bonchev–Trinajstić information content (AvgIpc) is 3.27. The summed E-state index contributed by atoms with van der Waals surface area (Å²) in [6.07, 6.45) is -7.51. The number of rotatable bonds is 14. The van der Waals surface area contributed by atoms with Crippen molar-refractivity contribution in [2.75, 3.05) is 37.1 Å². The predicted octanol–water partition coefficient (Wildman–Crippen LogP) is 9.86. The maximum Gasteiger partial charge on any atom is 0.416 e. The molecule has 2 aromatic heterocycles. The number of ketones is 2. The fourth-order valence-electron chi connectivity index (χ4n) is 5.91. The van der Waals surface area contributed by atoms with Crippen molar-refractivity contribution < 1.29 is 75.8 Å². The third-order valence-corrected chi connectivity index (χ3v) is 12.5. The standard InChI is InChI=1S/C22H17ClF4N2O5S.C20H13ClF4N2O4S/c1-33-12-29(35(31,32)15-6-3-5-13(9-15)22(25,26)27)17-10-14(23)11-28-20(17)21(30)19-16(24)7-4-8-18(19)34-2;1-31-16-7-3-6-14(22)17(16)19(28)18-15(9-12(21)10-26-18)27-32(29,30)13-5-2-4-11(8-13)20(23,24)25/h3-11H,12H2,1-2H3;2-10,27H,1H3. The minimum absolute atomic E-state index is 0.0798. The summed E-state index contributed by atoms with van der Waals surface area (Å²) in [5.74, 6) is -4.26. The number of pyridine rings is 2. The Hall–Kier alpha value is -6.40. The minimum atomic E-state index is -4.81. The van der Waals surface area contributed by atoms with Crippen LogP contribution in [0, 0.1) is 11.6 Å². The van der Waals surface area contributed by atoms with Crippen LogP contribution in [0.2, 0.25) is 10.0 Å². The molecule has 2 heterocycles. The lowest BCUT2D eigenvalue weighted by Crippen LogP contribution is -2.34.